The summed E-state index contributed by atoms with van der Waals surface area (Å²) >= 11 is 6.06. The molecule has 1 heterocycles. The highest BCUT2D eigenvalue weighted by molar-refractivity contribution is 7.89. The number of benzene rings is 1. The first-order valence-corrected chi connectivity index (χ1v) is 7.72. The quantitative estimate of drug-likeness (QED) is 0.593. The van der Waals surface area contributed by atoms with E-state index in [1.165, 1.54) is 41.8 Å². The van der Waals surface area contributed by atoms with Gasteiger partial charge in [-0.15, -0.1) is 0 Å². The van der Waals surface area contributed by atoms with Crippen molar-refractivity contribution in [2.24, 2.45) is 10.1 Å². The van der Waals surface area contributed by atoms with E-state index in [9.17, 15) is 13.5 Å². The van der Waals surface area contributed by atoms with Crippen LogP contribution in [0.5, 0.6) is 5.88 Å². The van der Waals surface area contributed by atoms with Crippen molar-refractivity contribution in [2.75, 3.05) is 0 Å². The van der Waals surface area contributed by atoms with E-state index in [2.05, 4.69) is 9.98 Å². The van der Waals surface area contributed by atoms with Crippen LogP contribution in [0.15, 0.2) is 34.2 Å². The fraction of sp³-hybridized carbons (Fsp3) is 0. The number of nitrogens with zero attached hydrogens (tertiary/aromatic N) is 1. The molecule has 0 saturated heterocycles. The molecular weight excluding hydrogens is 306 g/mol. The van der Waals surface area contributed by atoms with Gasteiger partial charge >= 0.3 is 0 Å². The number of rotatable bonds is 3. The van der Waals surface area contributed by atoms with E-state index in [0.717, 1.165) is 0 Å². The topological polar surface area (TPSA) is 109 Å². The number of aromatic hydroxyl groups is 1. The summed E-state index contributed by atoms with van der Waals surface area (Å²) in [5, 5.41) is 14.4. The zero-order valence-electron chi connectivity index (χ0n) is 9.40. The Morgan fingerprint density at radius 2 is 2.00 bits per heavy atom. The van der Waals surface area contributed by atoms with Crippen molar-refractivity contribution in [1.82, 2.24) is 4.98 Å². The highest BCUT2D eigenvalue weighted by atomic mass is 32.2. The van der Waals surface area contributed by atoms with Crippen LogP contribution in [-0.4, -0.2) is 24.7 Å². The second-order valence-corrected chi connectivity index (χ2v) is 6.80. The molecule has 0 atom stereocenters. The molecule has 2 aromatic rings. The van der Waals surface area contributed by atoms with E-state index in [-0.39, 0.29) is 10.8 Å². The van der Waals surface area contributed by atoms with Crippen molar-refractivity contribution in [2.45, 2.75) is 4.90 Å². The zero-order valence-corrected chi connectivity index (χ0v) is 11.8. The maximum absolute atomic E-state index is 11.1. The Balaban J connectivity index is 2.25. The van der Waals surface area contributed by atoms with Crippen molar-refractivity contribution < 1.29 is 13.5 Å². The minimum absolute atomic E-state index is 0.0200. The van der Waals surface area contributed by atoms with Gasteiger partial charge in [0.15, 0.2) is 3.95 Å². The van der Waals surface area contributed by atoms with Crippen LogP contribution in [0.3, 0.4) is 0 Å². The number of nitrogens with two attached hydrogens (primary N) is 1. The van der Waals surface area contributed by atoms with Crippen LogP contribution in [0.2, 0.25) is 0 Å². The number of hydrogen-bond acceptors (Lipinski definition) is 6. The van der Waals surface area contributed by atoms with E-state index in [1.54, 1.807) is 0 Å². The minimum Gasteiger partial charge on any atom is -0.494 e. The Labute approximate surface area is 118 Å². The number of hydrogen-bond donors (Lipinski definition) is 3. The van der Waals surface area contributed by atoms with Gasteiger partial charge in [0.25, 0.3) is 0 Å². The van der Waals surface area contributed by atoms with Crippen LogP contribution in [0, 0.1) is 3.95 Å². The van der Waals surface area contributed by atoms with Gasteiger partial charge in [0, 0.05) is 0 Å². The Morgan fingerprint density at radius 3 is 2.47 bits per heavy atom. The third kappa shape index (κ3) is 3.47. The summed E-state index contributed by atoms with van der Waals surface area (Å²) in [4.78, 5) is 7.19. The van der Waals surface area contributed by atoms with Gasteiger partial charge in [-0.05, 0) is 36.5 Å². The van der Waals surface area contributed by atoms with E-state index in [1.807, 2.05) is 0 Å². The molecule has 100 valence electrons. The normalized spacial score (nSPS) is 12.1. The predicted molar refractivity (Wildman–Crippen MR) is 76.2 cm³/mol. The highest BCUT2D eigenvalue weighted by Crippen LogP contribution is 2.21. The minimum atomic E-state index is -3.70. The lowest BCUT2D eigenvalue weighted by Crippen LogP contribution is -2.11. The Morgan fingerprint density at radius 1 is 1.37 bits per heavy atom. The lowest BCUT2D eigenvalue weighted by atomic mass is 10.3. The van der Waals surface area contributed by atoms with Crippen LogP contribution in [0.1, 0.15) is 4.88 Å². The molecule has 0 aliphatic rings. The van der Waals surface area contributed by atoms with E-state index in [4.69, 9.17) is 17.4 Å². The average molecular weight is 315 g/mol. The van der Waals surface area contributed by atoms with E-state index in [0.29, 0.717) is 14.5 Å². The molecule has 2 rings (SSSR count). The van der Waals surface area contributed by atoms with Crippen molar-refractivity contribution in [3.05, 3.63) is 33.1 Å². The second kappa shape index (κ2) is 5.21. The van der Waals surface area contributed by atoms with Crippen LogP contribution in [0.4, 0.5) is 5.69 Å². The fourth-order valence-corrected chi connectivity index (χ4v) is 2.76. The molecule has 0 unspecified atom stereocenters. The van der Waals surface area contributed by atoms with Crippen molar-refractivity contribution in [3.63, 3.8) is 0 Å². The first kappa shape index (κ1) is 13.9. The maximum Gasteiger partial charge on any atom is 0.238 e. The third-order valence-electron chi connectivity index (χ3n) is 2.15. The summed E-state index contributed by atoms with van der Waals surface area (Å²) in [5.74, 6) is -0.0418. The summed E-state index contributed by atoms with van der Waals surface area (Å²) in [6, 6.07) is 5.75. The van der Waals surface area contributed by atoms with Gasteiger partial charge < -0.3 is 10.1 Å². The predicted octanol–water partition coefficient (Wildman–Crippen LogP) is 1.91. The lowest BCUT2D eigenvalue weighted by molar-refractivity contribution is 0.456. The molecule has 0 bridgehead atoms. The molecule has 0 amide bonds. The number of aliphatic imine (C=N–C) groups is 1. The Bertz CT molecular complexity index is 772. The van der Waals surface area contributed by atoms with Crippen LogP contribution >= 0.6 is 23.6 Å². The second-order valence-electron chi connectivity index (χ2n) is 3.52. The number of thiazole rings is 1. The van der Waals surface area contributed by atoms with Gasteiger partial charge in [0.05, 0.1) is 16.8 Å². The van der Waals surface area contributed by atoms with Gasteiger partial charge in [-0.1, -0.05) is 11.3 Å². The molecule has 1 aromatic carbocycles. The van der Waals surface area contributed by atoms with E-state index < -0.39 is 10.0 Å². The largest absolute Gasteiger partial charge is 0.494 e. The lowest BCUT2D eigenvalue weighted by Gasteiger charge is -1.97. The number of aromatic nitrogens is 1. The molecule has 0 saturated carbocycles. The van der Waals surface area contributed by atoms with Crippen LogP contribution < -0.4 is 5.14 Å². The van der Waals surface area contributed by atoms with Gasteiger partial charge in [0.2, 0.25) is 15.9 Å². The van der Waals surface area contributed by atoms with Crippen LogP contribution in [-0.2, 0) is 10.0 Å². The van der Waals surface area contributed by atoms with E-state index >= 15 is 0 Å². The molecule has 0 spiro atoms. The molecule has 19 heavy (non-hydrogen) atoms. The Kier molecular flexibility index (Phi) is 3.80. The summed E-state index contributed by atoms with van der Waals surface area (Å²) in [6.07, 6.45) is 1.44. The molecule has 1 aromatic heterocycles. The summed E-state index contributed by atoms with van der Waals surface area (Å²) in [6.45, 7) is 0. The number of H-pyrrole nitrogens is 1. The molecule has 4 N–H and O–H groups in total. The SMILES string of the molecule is NS(=O)(=O)c1ccc(N=Cc2sc(=S)[nH]c2O)cc1. The molecule has 0 radical (unpaired) electrons. The number of primary sulfonamides is 1. The molecule has 9 heteroatoms. The average Bonchev–Trinajstić information content (AvgIpc) is 2.65. The van der Waals surface area contributed by atoms with Crippen molar-refractivity contribution in [3.8, 4) is 5.88 Å². The molecule has 0 aliphatic heterocycles. The maximum atomic E-state index is 11.1. The summed E-state index contributed by atoms with van der Waals surface area (Å²) < 4.78 is 22.6. The first-order chi connectivity index (χ1) is 8.86. The summed E-state index contributed by atoms with van der Waals surface area (Å²) in [7, 11) is -3.70. The fourth-order valence-electron chi connectivity index (χ4n) is 1.27. The van der Waals surface area contributed by atoms with Gasteiger partial charge in [-0.2, -0.15) is 0 Å². The number of nitrogens with one attached hydrogen (secondary N) is 1. The monoisotopic (exact) mass is 315 g/mol. The number of sulfonamides is 1. The van der Waals surface area contributed by atoms with Gasteiger partial charge in [-0.25, -0.2) is 13.6 Å². The first-order valence-electron chi connectivity index (χ1n) is 4.95. The molecule has 0 fully saturated rings. The Hall–Kier alpha value is -1.55. The smallest absolute Gasteiger partial charge is 0.238 e. The van der Waals surface area contributed by atoms with Gasteiger partial charge in [-0.3, -0.25) is 4.99 Å². The summed E-state index contributed by atoms with van der Waals surface area (Å²) in [5.41, 5.74) is 0.533. The standard InChI is InChI=1S/C10H9N3O3S3/c11-19(15,16)7-3-1-6(2-4-7)12-5-8-9(14)13-10(17)18-8/h1-5,14H,(H,13,17)(H2,11,15,16). The van der Waals surface area contributed by atoms with Crippen molar-refractivity contribution in [1.29, 1.82) is 0 Å². The number of aromatic amines is 1. The third-order valence-corrected chi connectivity index (χ3v) is 4.24. The molecule has 6 nitrogen and oxygen atoms in total. The highest BCUT2D eigenvalue weighted by Gasteiger charge is 2.06. The molecular formula is C10H9N3O3S3. The molecule has 0 aliphatic carbocycles. The van der Waals surface area contributed by atoms with Crippen molar-refractivity contribution >= 4 is 45.5 Å². The van der Waals surface area contributed by atoms with Crippen LogP contribution in [0.25, 0.3) is 0 Å². The van der Waals surface area contributed by atoms with Gasteiger partial charge in [0.1, 0.15) is 4.88 Å². The zero-order chi connectivity index (χ0) is 14.0.